The van der Waals surface area contributed by atoms with Gasteiger partial charge in [0.15, 0.2) is 6.61 Å². The molecule has 0 aromatic heterocycles. The molecule has 138 valence electrons. The fourth-order valence-electron chi connectivity index (χ4n) is 2.11. The molecule has 2 amide bonds. The molecule has 9 heteroatoms. The lowest BCUT2D eigenvalue weighted by Gasteiger charge is -2.14. The van der Waals surface area contributed by atoms with E-state index in [9.17, 15) is 19.7 Å². The number of nitrogens with one attached hydrogen (secondary N) is 2. The Morgan fingerprint density at radius 2 is 1.96 bits per heavy atom. The van der Waals surface area contributed by atoms with Gasteiger partial charge in [-0.25, -0.2) is 0 Å². The zero-order valence-electron chi connectivity index (χ0n) is 14.3. The molecule has 1 atom stereocenters. The highest BCUT2D eigenvalue weighted by Crippen LogP contribution is 2.16. The number of nitro groups is 1. The minimum Gasteiger partial charge on any atom is -0.479 e. The summed E-state index contributed by atoms with van der Waals surface area (Å²) in [6, 6.07) is 12.6. The van der Waals surface area contributed by atoms with Gasteiger partial charge in [0.1, 0.15) is 17.9 Å². The first-order valence-corrected chi connectivity index (χ1v) is 7.86. The van der Waals surface area contributed by atoms with E-state index in [0.717, 1.165) is 6.07 Å². The Bertz CT molecular complexity index is 889. The molecule has 0 fully saturated rings. The lowest BCUT2D eigenvalue weighted by molar-refractivity contribution is -0.384. The van der Waals surface area contributed by atoms with Crippen molar-refractivity contribution in [2.75, 3.05) is 11.9 Å². The number of hydrogen-bond acceptors (Lipinski definition) is 6. The minimum atomic E-state index is -0.869. The number of carbonyl (C=O) groups excluding carboxylic acids is 2. The molecule has 27 heavy (non-hydrogen) atoms. The van der Waals surface area contributed by atoms with Crippen molar-refractivity contribution in [2.24, 2.45) is 0 Å². The number of anilines is 1. The highest BCUT2D eigenvalue weighted by atomic mass is 16.6. The molecule has 0 spiro atoms. The van der Waals surface area contributed by atoms with Crippen LogP contribution in [-0.2, 0) is 4.79 Å². The summed E-state index contributed by atoms with van der Waals surface area (Å²) < 4.78 is 5.11. The summed E-state index contributed by atoms with van der Waals surface area (Å²) >= 11 is 0. The monoisotopic (exact) mass is 368 g/mol. The normalized spacial score (nSPS) is 11.0. The molecule has 0 aliphatic rings. The summed E-state index contributed by atoms with van der Waals surface area (Å²) in [4.78, 5) is 34.6. The van der Waals surface area contributed by atoms with E-state index in [2.05, 4.69) is 10.6 Å². The van der Waals surface area contributed by atoms with Crippen LogP contribution in [0.4, 0.5) is 11.4 Å². The van der Waals surface area contributed by atoms with E-state index in [-0.39, 0.29) is 17.9 Å². The van der Waals surface area contributed by atoms with Crippen molar-refractivity contribution in [2.45, 2.75) is 13.0 Å². The first-order valence-electron chi connectivity index (χ1n) is 7.86. The molecule has 0 heterocycles. The van der Waals surface area contributed by atoms with Crippen LogP contribution in [0.5, 0.6) is 5.75 Å². The summed E-state index contributed by atoms with van der Waals surface area (Å²) in [7, 11) is 0. The minimum absolute atomic E-state index is 0.0770. The fraction of sp³-hybridized carbons (Fsp3) is 0.167. The molecule has 0 saturated carbocycles. The number of nitro benzene ring substituents is 1. The van der Waals surface area contributed by atoms with Gasteiger partial charge in [0.05, 0.1) is 4.92 Å². The summed E-state index contributed by atoms with van der Waals surface area (Å²) in [6.45, 7) is 1.42. The number of ether oxygens (including phenoxy) is 1. The molecule has 2 rings (SSSR count). The van der Waals surface area contributed by atoms with Gasteiger partial charge in [-0.15, -0.1) is 0 Å². The van der Waals surface area contributed by atoms with Gasteiger partial charge in [0.25, 0.3) is 11.6 Å². The van der Waals surface area contributed by atoms with Crippen molar-refractivity contribution >= 4 is 23.2 Å². The van der Waals surface area contributed by atoms with Crippen molar-refractivity contribution in [3.63, 3.8) is 0 Å². The Morgan fingerprint density at radius 3 is 2.59 bits per heavy atom. The first kappa shape index (κ1) is 19.4. The van der Waals surface area contributed by atoms with Crippen LogP contribution < -0.4 is 15.4 Å². The number of benzene rings is 2. The smallest absolute Gasteiger partial charge is 0.270 e. The van der Waals surface area contributed by atoms with Crippen molar-refractivity contribution in [3.8, 4) is 11.8 Å². The number of amides is 2. The van der Waals surface area contributed by atoms with E-state index in [1.165, 1.54) is 25.1 Å². The second kappa shape index (κ2) is 8.96. The van der Waals surface area contributed by atoms with Crippen LogP contribution in [0.1, 0.15) is 17.3 Å². The average molecular weight is 368 g/mol. The first-order chi connectivity index (χ1) is 12.9. The van der Waals surface area contributed by atoms with Gasteiger partial charge in [-0.2, -0.15) is 5.26 Å². The van der Waals surface area contributed by atoms with E-state index in [1.807, 2.05) is 6.07 Å². The predicted octanol–water partition coefficient (Wildman–Crippen LogP) is 2.25. The molecule has 0 unspecified atom stereocenters. The standard InChI is InChI=1S/C18H16N4O5/c1-12(20-18(24)13-3-2-4-15(11-13)22(25)26)17(23)21-14-5-7-16(8-6-14)27-10-9-19/h2-8,11-12H,10H2,1H3,(H,20,24)(H,21,23)/t12-/m0/s1. The summed E-state index contributed by atoms with van der Waals surface area (Å²) in [5.41, 5.74) is 0.363. The molecule has 0 aliphatic heterocycles. The van der Waals surface area contributed by atoms with Crippen molar-refractivity contribution in [1.82, 2.24) is 5.32 Å². The quantitative estimate of drug-likeness (QED) is 0.568. The zero-order chi connectivity index (χ0) is 19.8. The number of hydrogen-bond donors (Lipinski definition) is 2. The molecular formula is C18H16N4O5. The Balaban J connectivity index is 1.95. The fourth-order valence-corrected chi connectivity index (χ4v) is 2.11. The molecule has 0 saturated heterocycles. The maximum Gasteiger partial charge on any atom is 0.270 e. The Labute approximate surface area is 154 Å². The van der Waals surface area contributed by atoms with E-state index >= 15 is 0 Å². The van der Waals surface area contributed by atoms with Crippen LogP contribution in [0, 0.1) is 21.4 Å². The SMILES string of the molecule is C[C@H](NC(=O)c1cccc([N+](=O)[O-])c1)C(=O)Nc1ccc(OCC#N)cc1. The van der Waals surface area contributed by atoms with E-state index in [1.54, 1.807) is 24.3 Å². The maximum atomic E-state index is 12.2. The average Bonchev–Trinajstić information content (AvgIpc) is 2.67. The Kier molecular flexibility index (Phi) is 6.44. The van der Waals surface area contributed by atoms with Crippen LogP contribution in [0.2, 0.25) is 0 Å². The third-order valence-corrected chi connectivity index (χ3v) is 3.49. The highest BCUT2D eigenvalue weighted by molar-refractivity contribution is 6.01. The van der Waals surface area contributed by atoms with Crippen LogP contribution in [0.3, 0.4) is 0 Å². The molecule has 2 aromatic carbocycles. The molecule has 0 aliphatic carbocycles. The second-order valence-corrected chi connectivity index (χ2v) is 5.46. The maximum absolute atomic E-state index is 12.2. The summed E-state index contributed by atoms with van der Waals surface area (Å²) in [6.07, 6.45) is 0. The van der Waals surface area contributed by atoms with Gasteiger partial charge < -0.3 is 15.4 Å². The number of nitriles is 1. The summed E-state index contributed by atoms with van der Waals surface area (Å²) in [5, 5.41) is 24.4. The highest BCUT2D eigenvalue weighted by Gasteiger charge is 2.18. The van der Waals surface area contributed by atoms with Crippen LogP contribution in [0.15, 0.2) is 48.5 Å². The Hall–Kier alpha value is -3.93. The third-order valence-electron chi connectivity index (χ3n) is 3.49. The van der Waals surface area contributed by atoms with E-state index < -0.39 is 22.8 Å². The number of rotatable bonds is 7. The number of carbonyl (C=O) groups is 2. The number of non-ortho nitro benzene ring substituents is 1. The largest absolute Gasteiger partial charge is 0.479 e. The summed E-state index contributed by atoms with van der Waals surface area (Å²) in [5.74, 6) is -0.567. The third kappa shape index (κ3) is 5.54. The van der Waals surface area contributed by atoms with Gasteiger partial charge >= 0.3 is 0 Å². The van der Waals surface area contributed by atoms with E-state index in [0.29, 0.717) is 11.4 Å². The molecular weight excluding hydrogens is 352 g/mol. The van der Waals surface area contributed by atoms with Crippen molar-refractivity contribution in [1.29, 1.82) is 5.26 Å². The molecule has 2 aromatic rings. The van der Waals surface area contributed by atoms with Gasteiger partial charge in [-0.05, 0) is 37.3 Å². The lowest BCUT2D eigenvalue weighted by Crippen LogP contribution is -2.41. The molecule has 0 radical (unpaired) electrons. The lowest BCUT2D eigenvalue weighted by atomic mass is 10.1. The molecule has 0 bridgehead atoms. The zero-order valence-corrected chi connectivity index (χ0v) is 14.3. The molecule has 2 N–H and O–H groups in total. The van der Waals surface area contributed by atoms with E-state index in [4.69, 9.17) is 10.00 Å². The van der Waals surface area contributed by atoms with Gasteiger partial charge in [-0.3, -0.25) is 19.7 Å². The Morgan fingerprint density at radius 1 is 1.26 bits per heavy atom. The van der Waals surface area contributed by atoms with Gasteiger partial charge in [0.2, 0.25) is 5.91 Å². The van der Waals surface area contributed by atoms with Gasteiger partial charge in [0, 0.05) is 23.4 Å². The second-order valence-electron chi connectivity index (χ2n) is 5.46. The van der Waals surface area contributed by atoms with Crippen LogP contribution >= 0.6 is 0 Å². The topological polar surface area (TPSA) is 134 Å². The van der Waals surface area contributed by atoms with Crippen molar-refractivity contribution < 1.29 is 19.2 Å². The van der Waals surface area contributed by atoms with Gasteiger partial charge in [-0.1, -0.05) is 6.07 Å². The predicted molar refractivity (Wildman–Crippen MR) is 96.2 cm³/mol. The van der Waals surface area contributed by atoms with Crippen molar-refractivity contribution in [3.05, 3.63) is 64.2 Å². The van der Waals surface area contributed by atoms with Crippen LogP contribution in [-0.4, -0.2) is 29.4 Å². The number of nitrogens with zero attached hydrogens (tertiary/aromatic N) is 2. The van der Waals surface area contributed by atoms with Crippen LogP contribution in [0.25, 0.3) is 0 Å². The molecule has 9 nitrogen and oxygen atoms in total.